The molecule has 1 aromatic carbocycles. The summed E-state index contributed by atoms with van der Waals surface area (Å²) < 4.78 is 13.5. The Morgan fingerprint density at radius 3 is 2.25 bits per heavy atom. The summed E-state index contributed by atoms with van der Waals surface area (Å²) >= 11 is 0. The van der Waals surface area contributed by atoms with Gasteiger partial charge in [-0.3, -0.25) is 14.4 Å². The van der Waals surface area contributed by atoms with Crippen molar-refractivity contribution in [2.45, 2.75) is 32.0 Å². The van der Waals surface area contributed by atoms with Crippen molar-refractivity contribution >= 4 is 17.5 Å². The minimum absolute atomic E-state index is 0.0432. The van der Waals surface area contributed by atoms with Gasteiger partial charge in [0.05, 0.1) is 0 Å². The Kier molecular flexibility index (Phi) is 5.52. The van der Waals surface area contributed by atoms with Gasteiger partial charge in [0.15, 0.2) is 5.78 Å². The normalized spacial score (nSPS) is 13.6. The zero-order chi connectivity index (χ0) is 15.3. The van der Waals surface area contributed by atoms with E-state index < -0.39 is 29.7 Å². The highest BCUT2D eigenvalue weighted by Crippen LogP contribution is 2.12. The van der Waals surface area contributed by atoms with E-state index in [9.17, 15) is 18.8 Å². The lowest BCUT2D eigenvalue weighted by molar-refractivity contribution is -0.138. The van der Waals surface area contributed by atoms with Crippen molar-refractivity contribution < 1.29 is 23.9 Å². The molecule has 0 saturated heterocycles. The van der Waals surface area contributed by atoms with Gasteiger partial charge in [-0.25, -0.2) is 4.39 Å². The minimum atomic E-state index is -2.15. The molecule has 0 heterocycles. The van der Waals surface area contributed by atoms with E-state index in [1.54, 1.807) is 0 Å². The summed E-state index contributed by atoms with van der Waals surface area (Å²) in [5.74, 6) is -2.76. The summed E-state index contributed by atoms with van der Waals surface area (Å²) in [6.45, 7) is 1.48. The molecule has 0 aliphatic rings. The molecule has 0 saturated carbocycles. The van der Waals surface area contributed by atoms with Crippen LogP contribution in [0.15, 0.2) is 24.3 Å². The molecular weight excluding hydrogens is 265 g/mol. The highest BCUT2D eigenvalue weighted by molar-refractivity contribution is 6.13. The fourth-order valence-electron chi connectivity index (χ4n) is 1.62. The molecule has 0 aromatic heterocycles. The van der Waals surface area contributed by atoms with Crippen LogP contribution in [-0.2, 0) is 16.0 Å². The Morgan fingerprint density at radius 2 is 1.80 bits per heavy atom. The van der Waals surface area contributed by atoms with E-state index in [1.165, 1.54) is 31.2 Å². The lowest BCUT2D eigenvalue weighted by Gasteiger charge is -2.08. The van der Waals surface area contributed by atoms with Crippen molar-refractivity contribution in [2.75, 3.05) is 0 Å². The molecule has 0 aliphatic heterocycles. The van der Waals surface area contributed by atoms with Gasteiger partial charge in [-0.05, 0) is 12.0 Å². The standard InChI is InChI=1S/C14H16FNO4/c1-2-11(17)12(15)13(18)9-5-3-8(4-6-9)7-10(16)14(19)20/h3-6,10,12H,2,7,16H2,1H3,(H,19,20). The molecule has 5 nitrogen and oxygen atoms in total. The number of hydrogen-bond acceptors (Lipinski definition) is 4. The molecule has 0 amide bonds. The van der Waals surface area contributed by atoms with Crippen molar-refractivity contribution in [3.8, 4) is 0 Å². The maximum atomic E-state index is 13.5. The number of nitrogens with two attached hydrogens (primary N) is 1. The van der Waals surface area contributed by atoms with Crippen LogP contribution < -0.4 is 5.73 Å². The predicted octanol–water partition coefficient (Wildman–Crippen LogP) is 1.14. The molecule has 0 fully saturated rings. The van der Waals surface area contributed by atoms with Gasteiger partial charge in [0.2, 0.25) is 12.0 Å². The van der Waals surface area contributed by atoms with Crippen molar-refractivity contribution in [2.24, 2.45) is 5.73 Å². The second-order valence-electron chi connectivity index (χ2n) is 4.39. The average Bonchev–Trinajstić information content (AvgIpc) is 2.45. The molecule has 2 atom stereocenters. The lowest BCUT2D eigenvalue weighted by Crippen LogP contribution is -2.32. The molecule has 0 radical (unpaired) electrons. The fraction of sp³-hybridized carbons (Fsp3) is 0.357. The average molecular weight is 281 g/mol. The number of carbonyl (C=O) groups excluding carboxylic acids is 2. The Bertz CT molecular complexity index is 512. The number of halogens is 1. The van der Waals surface area contributed by atoms with Gasteiger partial charge in [0.1, 0.15) is 6.04 Å². The third kappa shape index (κ3) is 3.96. The van der Waals surface area contributed by atoms with Gasteiger partial charge in [0.25, 0.3) is 0 Å². The van der Waals surface area contributed by atoms with Crippen LogP contribution in [-0.4, -0.2) is 34.9 Å². The Balaban J connectivity index is 2.78. The van der Waals surface area contributed by atoms with E-state index in [1.807, 2.05) is 0 Å². The molecule has 1 aromatic rings. The minimum Gasteiger partial charge on any atom is -0.480 e. The predicted molar refractivity (Wildman–Crippen MR) is 70.3 cm³/mol. The SMILES string of the molecule is CCC(=O)C(F)C(=O)c1ccc(CC(N)C(=O)O)cc1. The number of Topliss-reactive ketones (excluding diaryl/α,β-unsaturated/α-hetero) is 2. The van der Waals surface area contributed by atoms with Crippen LogP contribution in [0.3, 0.4) is 0 Å². The van der Waals surface area contributed by atoms with E-state index in [-0.39, 0.29) is 18.4 Å². The smallest absolute Gasteiger partial charge is 0.320 e. The van der Waals surface area contributed by atoms with E-state index in [4.69, 9.17) is 10.8 Å². The number of hydrogen-bond donors (Lipinski definition) is 2. The van der Waals surface area contributed by atoms with Crippen LogP contribution in [0.2, 0.25) is 0 Å². The summed E-state index contributed by atoms with van der Waals surface area (Å²) in [5, 5.41) is 8.68. The molecule has 20 heavy (non-hydrogen) atoms. The number of carbonyl (C=O) groups is 3. The van der Waals surface area contributed by atoms with Crippen molar-refractivity contribution in [1.29, 1.82) is 0 Å². The van der Waals surface area contributed by atoms with E-state index >= 15 is 0 Å². The van der Waals surface area contributed by atoms with Crippen LogP contribution in [0.5, 0.6) is 0 Å². The van der Waals surface area contributed by atoms with Crippen molar-refractivity contribution in [1.82, 2.24) is 0 Å². The first kappa shape index (κ1) is 16.0. The summed E-state index contributed by atoms with van der Waals surface area (Å²) in [7, 11) is 0. The van der Waals surface area contributed by atoms with Crippen molar-refractivity contribution in [3.63, 3.8) is 0 Å². The Hall–Kier alpha value is -2.08. The largest absolute Gasteiger partial charge is 0.480 e. The quantitative estimate of drug-likeness (QED) is 0.577. The third-order valence-corrected chi connectivity index (χ3v) is 2.87. The number of aliphatic carboxylic acids is 1. The van der Waals surface area contributed by atoms with Gasteiger partial charge in [0, 0.05) is 12.0 Å². The summed E-state index contributed by atoms with van der Waals surface area (Å²) in [6, 6.07) is 4.69. The first-order valence-electron chi connectivity index (χ1n) is 6.15. The maximum Gasteiger partial charge on any atom is 0.320 e. The second-order valence-corrected chi connectivity index (χ2v) is 4.39. The molecule has 1 rings (SSSR count). The first-order valence-corrected chi connectivity index (χ1v) is 6.15. The summed E-state index contributed by atoms with van der Waals surface area (Å²) in [6.07, 6.45) is -2.08. The molecule has 0 aliphatic carbocycles. The molecule has 3 N–H and O–H groups in total. The monoisotopic (exact) mass is 281 g/mol. The summed E-state index contributed by atoms with van der Waals surface area (Å²) in [4.78, 5) is 33.4. The number of benzene rings is 1. The fourth-order valence-corrected chi connectivity index (χ4v) is 1.62. The zero-order valence-corrected chi connectivity index (χ0v) is 11.0. The van der Waals surface area contributed by atoms with E-state index in [0.717, 1.165) is 0 Å². The number of ketones is 2. The molecule has 0 spiro atoms. The van der Waals surface area contributed by atoms with E-state index in [2.05, 4.69) is 0 Å². The van der Waals surface area contributed by atoms with Gasteiger partial charge < -0.3 is 10.8 Å². The molecule has 108 valence electrons. The van der Waals surface area contributed by atoms with Gasteiger partial charge >= 0.3 is 5.97 Å². The number of carboxylic acids is 1. The number of alkyl halides is 1. The molecule has 0 bridgehead atoms. The second kappa shape index (κ2) is 6.91. The zero-order valence-electron chi connectivity index (χ0n) is 11.0. The molecule has 6 heteroatoms. The van der Waals surface area contributed by atoms with Gasteiger partial charge in [-0.2, -0.15) is 0 Å². The topological polar surface area (TPSA) is 97.5 Å². The summed E-state index contributed by atoms with van der Waals surface area (Å²) in [5.41, 5.74) is 6.08. The van der Waals surface area contributed by atoms with Crippen molar-refractivity contribution in [3.05, 3.63) is 35.4 Å². The first-order chi connectivity index (χ1) is 9.36. The van der Waals surface area contributed by atoms with Crippen LogP contribution in [0.25, 0.3) is 0 Å². The number of carboxylic acid groups (broad SMARTS) is 1. The molecular formula is C14H16FNO4. The Labute approximate surface area is 115 Å². The van der Waals surface area contributed by atoms with Gasteiger partial charge in [-0.15, -0.1) is 0 Å². The maximum absolute atomic E-state index is 13.5. The van der Waals surface area contributed by atoms with Crippen LogP contribution in [0.1, 0.15) is 29.3 Å². The van der Waals surface area contributed by atoms with Crippen LogP contribution in [0.4, 0.5) is 4.39 Å². The third-order valence-electron chi connectivity index (χ3n) is 2.87. The number of rotatable bonds is 7. The van der Waals surface area contributed by atoms with Crippen LogP contribution >= 0.6 is 0 Å². The molecule has 2 unspecified atom stereocenters. The Morgan fingerprint density at radius 1 is 1.25 bits per heavy atom. The highest BCUT2D eigenvalue weighted by atomic mass is 19.1. The lowest BCUT2D eigenvalue weighted by atomic mass is 10.00. The van der Waals surface area contributed by atoms with Gasteiger partial charge in [-0.1, -0.05) is 31.2 Å². The van der Waals surface area contributed by atoms with E-state index in [0.29, 0.717) is 5.56 Å². The van der Waals surface area contributed by atoms with Crippen LogP contribution in [0, 0.1) is 0 Å². The highest BCUT2D eigenvalue weighted by Gasteiger charge is 2.25.